The summed E-state index contributed by atoms with van der Waals surface area (Å²) in [4.78, 5) is 14.5. The maximum absolute atomic E-state index is 10.6. The summed E-state index contributed by atoms with van der Waals surface area (Å²) < 4.78 is 0. The van der Waals surface area contributed by atoms with E-state index in [4.69, 9.17) is 0 Å². The Morgan fingerprint density at radius 3 is 2.64 bits per heavy atom. The molecule has 108 valence electrons. The Morgan fingerprint density at radius 2 is 1.86 bits per heavy atom. The van der Waals surface area contributed by atoms with Crippen LogP contribution in [-0.2, 0) is 0 Å². The molecule has 0 aliphatic heterocycles. The van der Waals surface area contributed by atoms with Crippen molar-refractivity contribution in [2.45, 2.75) is 0 Å². The zero-order valence-corrected chi connectivity index (χ0v) is 11.5. The van der Waals surface area contributed by atoms with E-state index in [1.54, 1.807) is 24.5 Å². The van der Waals surface area contributed by atoms with Gasteiger partial charge in [0.05, 0.1) is 22.3 Å². The summed E-state index contributed by atoms with van der Waals surface area (Å²) in [6.45, 7) is 0. The van der Waals surface area contributed by atoms with Gasteiger partial charge in [-0.25, -0.2) is 0 Å². The third-order valence-corrected chi connectivity index (χ3v) is 3.14. The lowest BCUT2D eigenvalue weighted by Gasteiger charge is -2.04. The molecule has 0 saturated heterocycles. The van der Waals surface area contributed by atoms with E-state index < -0.39 is 4.92 Å². The fraction of sp³-hybridized carbons (Fsp3) is 0. The minimum atomic E-state index is -0.430. The lowest BCUT2D eigenvalue weighted by atomic mass is 10.2. The van der Waals surface area contributed by atoms with Crippen molar-refractivity contribution >= 4 is 28.5 Å². The number of non-ortho nitro benzene ring substituents is 1. The number of rotatable bonds is 4. The number of fused-ring (bicyclic) bond motifs is 1. The zero-order chi connectivity index (χ0) is 15.4. The fourth-order valence-corrected chi connectivity index (χ4v) is 2.05. The van der Waals surface area contributed by atoms with Crippen LogP contribution in [0.2, 0.25) is 0 Å². The Morgan fingerprint density at radius 1 is 1.09 bits per heavy atom. The van der Waals surface area contributed by atoms with Crippen molar-refractivity contribution < 1.29 is 4.92 Å². The molecule has 0 amide bonds. The number of nitro benzene ring substituents is 1. The van der Waals surface area contributed by atoms with E-state index in [1.807, 2.05) is 30.3 Å². The lowest BCUT2D eigenvalue weighted by Crippen LogP contribution is -1.93. The van der Waals surface area contributed by atoms with Gasteiger partial charge in [0.25, 0.3) is 5.69 Å². The van der Waals surface area contributed by atoms with Gasteiger partial charge in [-0.05, 0) is 29.8 Å². The Hall–Kier alpha value is -3.28. The summed E-state index contributed by atoms with van der Waals surface area (Å²) in [5.74, 6) is 0. The van der Waals surface area contributed by atoms with E-state index in [0.717, 1.165) is 22.2 Å². The van der Waals surface area contributed by atoms with Gasteiger partial charge in [0.1, 0.15) is 0 Å². The Kier molecular flexibility index (Phi) is 3.74. The number of aromatic nitrogens is 1. The first-order chi connectivity index (χ1) is 10.7. The second-order valence-corrected chi connectivity index (χ2v) is 4.60. The molecule has 3 rings (SSSR count). The molecule has 0 aliphatic carbocycles. The van der Waals surface area contributed by atoms with Gasteiger partial charge in [-0.15, -0.1) is 0 Å². The average molecular weight is 292 g/mol. The largest absolute Gasteiger partial charge is 0.276 e. The molecule has 0 bridgehead atoms. The number of pyridine rings is 1. The van der Waals surface area contributed by atoms with E-state index in [0.29, 0.717) is 0 Å². The van der Waals surface area contributed by atoms with Gasteiger partial charge in [-0.2, -0.15) is 5.10 Å². The maximum Gasteiger partial charge on any atom is 0.269 e. The second-order valence-electron chi connectivity index (χ2n) is 4.60. The first-order valence-electron chi connectivity index (χ1n) is 6.61. The molecule has 1 heterocycles. The van der Waals surface area contributed by atoms with Crippen LogP contribution in [-0.4, -0.2) is 16.1 Å². The maximum atomic E-state index is 10.6. The van der Waals surface area contributed by atoms with Crippen molar-refractivity contribution in [3.63, 3.8) is 0 Å². The highest BCUT2D eigenvalue weighted by Gasteiger charge is 2.03. The van der Waals surface area contributed by atoms with Crippen LogP contribution in [0.5, 0.6) is 0 Å². The zero-order valence-electron chi connectivity index (χ0n) is 11.5. The molecule has 6 heteroatoms. The van der Waals surface area contributed by atoms with Gasteiger partial charge in [-0.3, -0.25) is 20.5 Å². The molecular weight excluding hydrogens is 280 g/mol. The van der Waals surface area contributed by atoms with Gasteiger partial charge in [0.15, 0.2) is 0 Å². The molecule has 0 unspecified atom stereocenters. The van der Waals surface area contributed by atoms with Crippen molar-refractivity contribution in [2.24, 2.45) is 5.10 Å². The molecule has 0 saturated carbocycles. The van der Waals surface area contributed by atoms with Crippen LogP contribution >= 0.6 is 0 Å². The van der Waals surface area contributed by atoms with E-state index >= 15 is 0 Å². The summed E-state index contributed by atoms with van der Waals surface area (Å²) in [7, 11) is 0. The number of hydrazone groups is 1. The van der Waals surface area contributed by atoms with E-state index in [9.17, 15) is 10.1 Å². The minimum Gasteiger partial charge on any atom is -0.276 e. The first-order valence-corrected chi connectivity index (χ1v) is 6.61. The smallest absolute Gasteiger partial charge is 0.269 e. The molecule has 3 aromatic rings. The monoisotopic (exact) mass is 292 g/mol. The summed E-state index contributed by atoms with van der Waals surface area (Å²) in [5.41, 5.74) is 5.42. The Labute approximate surface area is 126 Å². The number of nitrogens with one attached hydrogen (secondary N) is 1. The van der Waals surface area contributed by atoms with Crippen LogP contribution in [0.1, 0.15) is 5.56 Å². The van der Waals surface area contributed by atoms with Crippen molar-refractivity contribution in [3.05, 3.63) is 76.5 Å². The Bertz CT molecular complexity index is 839. The van der Waals surface area contributed by atoms with Crippen LogP contribution < -0.4 is 5.43 Å². The molecule has 0 atom stereocenters. The highest BCUT2D eigenvalue weighted by Crippen LogP contribution is 2.20. The van der Waals surface area contributed by atoms with E-state index in [2.05, 4.69) is 15.5 Å². The predicted octanol–water partition coefficient (Wildman–Crippen LogP) is 3.59. The number of nitro groups is 1. The topological polar surface area (TPSA) is 80.4 Å². The van der Waals surface area contributed by atoms with Gasteiger partial charge in [0, 0.05) is 23.7 Å². The summed E-state index contributed by atoms with van der Waals surface area (Å²) >= 11 is 0. The van der Waals surface area contributed by atoms with Crippen LogP contribution in [0.4, 0.5) is 11.4 Å². The molecule has 1 N–H and O–H groups in total. The summed E-state index contributed by atoms with van der Waals surface area (Å²) in [5, 5.41) is 15.8. The predicted molar refractivity (Wildman–Crippen MR) is 86.1 cm³/mol. The number of nitrogens with zero attached hydrogens (tertiary/aromatic N) is 3. The SMILES string of the molecule is O=[N+]([O-])c1ccc(C=NNc2cccc3cccnc23)cc1. The highest BCUT2D eigenvalue weighted by molar-refractivity contribution is 5.90. The van der Waals surface area contributed by atoms with Crippen LogP contribution in [0.3, 0.4) is 0 Å². The van der Waals surface area contributed by atoms with Gasteiger partial charge in [0.2, 0.25) is 0 Å². The van der Waals surface area contributed by atoms with Gasteiger partial charge < -0.3 is 0 Å². The van der Waals surface area contributed by atoms with E-state index in [-0.39, 0.29) is 5.69 Å². The highest BCUT2D eigenvalue weighted by atomic mass is 16.6. The molecule has 0 fully saturated rings. The molecule has 0 spiro atoms. The molecule has 0 radical (unpaired) electrons. The van der Waals surface area contributed by atoms with Gasteiger partial charge >= 0.3 is 0 Å². The summed E-state index contributed by atoms with van der Waals surface area (Å²) in [6.07, 6.45) is 3.33. The number of anilines is 1. The quantitative estimate of drug-likeness (QED) is 0.452. The molecule has 1 aromatic heterocycles. The summed E-state index contributed by atoms with van der Waals surface area (Å²) in [6, 6.07) is 15.8. The van der Waals surface area contributed by atoms with Gasteiger partial charge in [-0.1, -0.05) is 18.2 Å². The third kappa shape index (κ3) is 2.90. The molecule has 6 nitrogen and oxygen atoms in total. The van der Waals surface area contributed by atoms with Crippen LogP contribution in [0.25, 0.3) is 10.9 Å². The van der Waals surface area contributed by atoms with Crippen molar-refractivity contribution in [1.82, 2.24) is 4.98 Å². The third-order valence-electron chi connectivity index (χ3n) is 3.14. The normalized spacial score (nSPS) is 10.9. The standard InChI is InChI=1S/C16H12N4O2/c21-20(22)14-8-6-12(7-9-14)11-18-19-15-5-1-3-13-4-2-10-17-16(13)15/h1-11,19H. The van der Waals surface area contributed by atoms with Crippen molar-refractivity contribution in [1.29, 1.82) is 0 Å². The number of para-hydroxylation sites is 1. The molecule has 2 aromatic carbocycles. The van der Waals surface area contributed by atoms with Crippen LogP contribution in [0, 0.1) is 10.1 Å². The fourth-order valence-electron chi connectivity index (χ4n) is 2.05. The average Bonchev–Trinajstić information content (AvgIpc) is 2.55. The molecule has 0 aliphatic rings. The first kappa shape index (κ1) is 13.7. The van der Waals surface area contributed by atoms with Crippen molar-refractivity contribution in [3.8, 4) is 0 Å². The minimum absolute atomic E-state index is 0.0587. The van der Waals surface area contributed by atoms with Crippen LogP contribution in [0.15, 0.2) is 65.9 Å². The van der Waals surface area contributed by atoms with Crippen molar-refractivity contribution in [2.75, 3.05) is 5.43 Å². The second kappa shape index (κ2) is 6.01. The Balaban J connectivity index is 1.77. The van der Waals surface area contributed by atoms with E-state index in [1.165, 1.54) is 12.1 Å². The number of hydrogen-bond donors (Lipinski definition) is 1. The lowest BCUT2D eigenvalue weighted by molar-refractivity contribution is -0.384. The molecular formula is C16H12N4O2. The number of hydrogen-bond acceptors (Lipinski definition) is 5. The number of benzene rings is 2. The molecule has 22 heavy (non-hydrogen) atoms.